The van der Waals surface area contributed by atoms with Crippen molar-refractivity contribution in [2.45, 2.75) is 24.8 Å². The predicted molar refractivity (Wildman–Crippen MR) is 64.3 cm³/mol. The lowest BCUT2D eigenvalue weighted by Crippen LogP contribution is -2.32. The first-order valence-corrected chi connectivity index (χ1v) is 5.94. The molecular formula is C12H12BrNO2. The number of ether oxygens (including phenoxy) is 1. The van der Waals surface area contributed by atoms with Crippen LogP contribution in [0.25, 0.3) is 0 Å². The average Bonchev–Trinajstić information content (AvgIpc) is 2.25. The van der Waals surface area contributed by atoms with Crippen LogP contribution in [0, 0.1) is 0 Å². The Morgan fingerprint density at radius 3 is 2.75 bits per heavy atom. The van der Waals surface area contributed by atoms with Crippen LogP contribution in [0.4, 0.5) is 0 Å². The van der Waals surface area contributed by atoms with Gasteiger partial charge in [0.2, 0.25) is 6.08 Å². The monoisotopic (exact) mass is 281 g/mol. The second kappa shape index (κ2) is 4.40. The van der Waals surface area contributed by atoms with Gasteiger partial charge >= 0.3 is 0 Å². The Hall–Kier alpha value is -1.12. The Morgan fingerprint density at radius 1 is 1.50 bits per heavy atom. The van der Waals surface area contributed by atoms with Gasteiger partial charge in [-0.15, -0.1) is 0 Å². The van der Waals surface area contributed by atoms with Gasteiger partial charge in [0.15, 0.2) is 0 Å². The summed E-state index contributed by atoms with van der Waals surface area (Å²) >= 11 is 3.49. The van der Waals surface area contributed by atoms with Crippen molar-refractivity contribution in [2.75, 3.05) is 7.11 Å². The number of nitrogens with zero attached hydrogens (tertiary/aromatic N) is 1. The average molecular weight is 282 g/mol. The molecule has 0 radical (unpaired) electrons. The maximum Gasteiger partial charge on any atom is 0.235 e. The minimum atomic E-state index is -0.380. The predicted octanol–water partition coefficient (Wildman–Crippen LogP) is 3.17. The summed E-state index contributed by atoms with van der Waals surface area (Å²) in [7, 11) is 1.63. The zero-order valence-corrected chi connectivity index (χ0v) is 10.6. The van der Waals surface area contributed by atoms with Gasteiger partial charge in [-0.25, -0.2) is 4.79 Å². The van der Waals surface area contributed by atoms with E-state index in [2.05, 4.69) is 20.9 Å². The molecule has 3 nitrogen and oxygen atoms in total. The van der Waals surface area contributed by atoms with Crippen molar-refractivity contribution in [3.8, 4) is 5.75 Å². The first kappa shape index (κ1) is 11.4. The molecule has 4 heteroatoms. The lowest BCUT2D eigenvalue weighted by molar-refractivity contribution is 0.254. The van der Waals surface area contributed by atoms with Crippen LogP contribution in [0.2, 0.25) is 0 Å². The zero-order chi connectivity index (χ0) is 11.6. The van der Waals surface area contributed by atoms with Gasteiger partial charge in [0.1, 0.15) is 5.75 Å². The molecule has 0 aromatic heterocycles. The van der Waals surface area contributed by atoms with E-state index in [1.165, 1.54) is 0 Å². The highest BCUT2D eigenvalue weighted by Gasteiger charge is 2.40. The topological polar surface area (TPSA) is 38.7 Å². The quantitative estimate of drug-likeness (QED) is 0.631. The van der Waals surface area contributed by atoms with Crippen LogP contribution >= 0.6 is 15.9 Å². The maximum absolute atomic E-state index is 10.5. The largest absolute Gasteiger partial charge is 0.497 e. The molecular weight excluding hydrogens is 270 g/mol. The molecule has 0 aliphatic heterocycles. The van der Waals surface area contributed by atoms with Gasteiger partial charge in [-0.05, 0) is 43.0 Å². The summed E-state index contributed by atoms with van der Waals surface area (Å²) in [6.45, 7) is 0. The van der Waals surface area contributed by atoms with E-state index >= 15 is 0 Å². The van der Waals surface area contributed by atoms with E-state index in [0.717, 1.165) is 35.0 Å². The van der Waals surface area contributed by atoms with Gasteiger partial charge in [-0.1, -0.05) is 15.9 Å². The molecule has 0 N–H and O–H groups in total. The SMILES string of the molecule is COc1ccc(Br)c(C2(N=C=O)CCC2)c1. The molecule has 1 fully saturated rings. The minimum absolute atomic E-state index is 0.380. The minimum Gasteiger partial charge on any atom is -0.497 e. The van der Waals surface area contributed by atoms with Gasteiger partial charge in [-0.3, -0.25) is 0 Å². The van der Waals surface area contributed by atoms with Crippen molar-refractivity contribution in [1.82, 2.24) is 0 Å². The number of carbonyl (C=O) groups excluding carboxylic acids is 1. The van der Waals surface area contributed by atoms with Crippen LogP contribution in [0.15, 0.2) is 27.7 Å². The summed E-state index contributed by atoms with van der Waals surface area (Å²) in [6, 6.07) is 5.74. The smallest absolute Gasteiger partial charge is 0.235 e. The van der Waals surface area contributed by atoms with E-state index in [-0.39, 0.29) is 5.54 Å². The molecule has 1 aromatic carbocycles. The standard InChI is InChI=1S/C12H12BrNO2/c1-16-9-3-4-11(13)10(7-9)12(14-8-15)5-2-6-12/h3-4,7H,2,5-6H2,1H3. The highest BCUT2D eigenvalue weighted by atomic mass is 79.9. The van der Waals surface area contributed by atoms with Crippen molar-refractivity contribution in [3.05, 3.63) is 28.2 Å². The second-order valence-electron chi connectivity index (χ2n) is 3.93. The Balaban J connectivity index is 2.48. The molecule has 1 aliphatic carbocycles. The van der Waals surface area contributed by atoms with E-state index in [0.29, 0.717) is 0 Å². The molecule has 16 heavy (non-hydrogen) atoms. The summed E-state index contributed by atoms with van der Waals surface area (Å²) < 4.78 is 6.16. The number of methoxy groups -OCH3 is 1. The number of rotatable bonds is 3. The molecule has 0 amide bonds. The molecule has 0 saturated heterocycles. The number of benzene rings is 1. The van der Waals surface area contributed by atoms with Crippen LogP contribution in [0.5, 0.6) is 5.75 Å². The molecule has 2 rings (SSSR count). The fraction of sp³-hybridized carbons (Fsp3) is 0.417. The second-order valence-corrected chi connectivity index (χ2v) is 4.79. The normalized spacial score (nSPS) is 17.1. The van der Waals surface area contributed by atoms with E-state index in [4.69, 9.17) is 4.74 Å². The molecule has 0 atom stereocenters. The van der Waals surface area contributed by atoms with E-state index in [9.17, 15) is 4.79 Å². The molecule has 1 saturated carbocycles. The van der Waals surface area contributed by atoms with Crippen molar-refractivity contribution in [3.63, 3.8) is 0 Å². The van der Waals surface area contributed by atoms with E-state index < -0.39 is 0 Å². The van der Waals surface area contributed by atoms with Crippen LogP contribution < -0.4 is 4.74 Å². The number of isocyanates is 1. The van der Waals surface area contributed by atoms with Gasteiger partial charge in [0.25, 0.3) is 0 Å². The Morgan fingerprint density at radius 2 is 2.25 bits per heavy atom. The lowest BCUT2D eigenvalue weighted by atomic mass is 9.72. The molecule has 1 aliphatic rings. The number of hydrogen-bond donors (Lipinski definition) is 0. The van der Waals surface area contributed by atoms with Crippen molar-refractivity contribution >= 4 is 22.0 Å². The Bertz CT molecular complexity index is 448. The van der Waals surface area contributed by atoms with Crippen LogP contribution in [-0.2, 0) is 10.3 Å². The summed E-state index contributed by atoms with van der Waals surface area (Å²) in [4.78, 5) is 14.5. The summed E-state index contributed by atoms with van der Waals surface area (Å²) in [5, 5.41) is 0. The zero-order valence-electron chi connectivity index (χ0n) is 9.00. The summed E-state index contributed by atoms with van der Waals surface area (Å²) in [5.41, 5.74) is 0.635. The highest BCUT2D eigenvalue weighted by molar-refractivity contribution is 9.10. The molecule has 0 spiro atoms. The highest BCUT2D eigenvalue weighted by Crippen LogP contribution is 2.47. The van der Waals surface area contributed by atoms with E-state index in [1.807, 2.05) is 18.2 Å². The first-order chi connectivity index (χ1) is 7.72. The molecule has 0 unspecified atom stereocenters. The molecule has 0 bridgehead atoms. The molecule has 0 heterocycles. The summed E-state index contributed by atoms with van der Waals surface area (Å²) in [6.07, 6.45) is 4.57. The van der Waals surface area contributed by atoms with E-state index in [1.54, 1.807) is 13.2 Å². The third kappa shape index (κ3) is 1.79. The van der Waals surface area contributed by atoms with Gasteiger partial charge in [0.05, 0.1) is 12.6 Å². The molecule has 84 valence electrons. The fourth-order valence-corrected chi connectivity index (χ4v) is 2.64. The fourth-order valence-electron chi connectivity index (χ4n) is 2.03. The number of hydrogen-bond acceptors (Lipinski definition) is 3. The lowest BCUT2D eigenvalue weighted by Gasteiger charge is -2.37. The molecule has 1 aromatic rings. The van der Waals surface area contributed by atoms with Gasteiger partial charge < -0.3 is 4.74 Å². The van der Waals surface area contributed by atoms with Gasteiger partial charge in [-0.2, -0.15) is 4.99 Å². The third-order valence-electron chi connectivity index (χ3n) is 3.12. The summed E-state index contributed by atoms with van der Waals surface area (Å²) in [5.74, 6) is 0.783. The van der Waals surface area contributed by atoms with Gasteiger partial charge in [0, 0.05) is 4.47 Å². The first-order valence-electron chi connectivity index (χ1n) is 5.15. The van der Waals surface area contributed by atoms with Crippen molar-refractivity contribution in [2.24, 2.45) is 4.99 Å². The third-order valence-corrected chi connectivity index (χ3v) is 3.81. The maximum atomic E-state index is 10.5. The van der Waals surface area contributed by atoms with Crippen molar-refractivity contribution in [1.29, 1.82) is 0 Å². The Labute approximate surface area is 103 Å². The number of aliphatic imine (C=N–C) groups is 1. The number of halogens is 1. The van der Waals surface area contributed by atoms with Crippen LogP contribution in [0.1, 0.15) is 24.8 Å². The van der Waals surface area contributed by atoms with Crippen molar-refractivity contribution < 1.29 is 9.53 Å². The van der Waals surface area contributed by atoms with Crippen LogP contribution in [-0.4, -0.2) is 13.2 Å². The van der Waals surface area contributed by atoms with Crippen LogP contribution in [0.3, 0.4) is 0 Å². The Kier molecular flexibility index (Phi) is 3.13.